The highest BCUT2D eigenvalue weighted by Crippen LogP contribution is 2.35. The fourth-order valence-electron chi connectivity index (χ4n) is 1.81. The molecule has 0 spiro atoms. The number of phenolic OH excluding ortho intramolecular Hbond substituents is 1. The lowest BCUT2D eigenvalue weighted by molar-refractivity contribution is 0.407. The molecule has 0 aliphatic carbocycles. The number of benzene rings is 1. The Balaban J connectivity index is 2.60. The van der Waals surface area contributed by atoms with E-state index < -0.39 is 0 Å². The molecule has 18 heavy (non-hydrogen) atoms. The van der Waals surface area contributed by atoms with Crippen LogP contribution >= 0.6 is 0 Å². The lowest BCUT2D eigenvalue weighted by Gasteiger charge is -2.11. The molecule has 0 amide bonds. The summed E-state index contributed by atoms with van der Waals surface area (Å²) in [6, 6.07) is 6.75. The van der Waals surface area contributed by atoms with E-state index in [1.165, 1.54) is 6.07 Å². The van der Waals surface area contributed by atoms with Gasteiger partial charge in [-0.05, 0) is 30.7 Å². The standard InChI is InChI=1S/C13H15N3O2/c1-7-5-8(18-2)6-11(17)12(7)10-4-3-9(14)13(15)16-10/h3-6,17H,14H2,1-2H3,(H2,15,16). The molecule has 5 N–H and O–H groups in total. The second-order valence-corrected chi connectivity index (χ2v) is 4.01. The van der Waals surface area contributed by atoms with E-state index in [9.17, 15) is 5.11 Å². The number of pyridine rings is 1. The summed E-state index contributed by atoms with van der Waals surface area (Å²) >= 11 is 0. The molecule has 0 unspecified atom stereocenters. The first-order valence-electron chi connectivity index (χ1n) is 5.43. The SMILES string of the molecule is COc1cc(C)c(-c2ccc(N)c(N)n2)c(O)c1. The zero-order valence-corrected chi connectivity index (χ0v) is 10.3. The molecule has 0 fully saturated rings. The van der Waals surface area contributed by atoms with Crippen molar-refractivity contribution in [3.05, 3.63) is 29.8 Å². The van der Waals surface area contributed by atoms with Crippen LogP contribution in [0, 0.1) is 6.92 Å². The Hall–Kier alpha value is -2.43. The Labute approximate surface area is 105 Å². The molecule has 5 nitrogen and oxygen atoms in total. The summed E-state index contributed by atoms with van der Waals surface area (Å²) in [5.41, 5.74) is 13.8. The number of ether oxygens (including phenoxy) is 1. The van der Waals surface area contributed by atoms with Gasteiger partial charge in [-0.25, -0.2) is 4.98 Å². The number of rotatable bonds is 2. The predicted molar refractivity (Wildman–Crippen MR) is 71.5 cm³/mol. The summed E-state index contributed by atoms with van der Waals surface area (Å²) in [6.45, 7) is 1.87. The maximum Gasteiger partial charge on any atom is 0.147 e. The third-order valence-corrected chi connectivity index (χ3v) is 2.74. The van der Waals surface area contributed by atoms with Gasteiger partial charge in [-0.3, -0.25) is 0 Å². The molecular weight excluding hydrogens is 230 g/mol. The van der Waals surface area contributed by atoms with Gasteiger partial charge in [-0.1, -0.05) is 0 Å². The molecule has 0 bridgehead atoms. The Morgan fingerprint density at radius 2 is 1.94 bits per heavy atom. The number of hydrogen-bond donors (Lipinski definition) is 3. The second kappa shape index (κ2) is 4.44. The quantitative estimate of drug-likeness (QED) is 0.751. The fraction of sp³-hybridized carbons (Fsp3) is 0.154. The van der Waals surface area contributed by atoms with E-state index in [2.05, 4.69) is 4.98 Å². The van der Waals surface area contributed by atoms with Crippen LogP contribution in [0.2, 0.25) is 0 Å². The molecule has 1 aromatic carbocycles. The van der Waals surface area contributed by atoms with Crippen molar-refractivity contribution in [2.24, 2.45) is 0 Å². The van der Waals surface area contributed by atoms with Crippen LogP contribution in [0.15, 0.2) is 24.3 Å². The average Bonchev–Trinajstić information content (AvgIpc) is 2.32. The number of methoxy groups -OCH3 is 1. The minimum absolute atomic E-state index is 0.100. The van der Waals surface area contributed by atoms with Crippen LogP contribution in [0.3, 0.4) is 0 Å². The summed E-state index contributed by atoms with van der Waals surface area (Å²) in [5.74, 6) is 0.947. The lowest BCUT2D eigenvalue weighted by Crippen LogP contribution is -1.99. The van der Waals surface area contributed by atoms with Gasteiger partial charge >= 0.3 is 0 Å². The summed E-state index contributed by atoms with van der Waals surface area (Å²) in [7, 11) is 1.55. The van der Waals surface area contributed by atoms with E-state index in [4.69, 9.17) is 16.2 Å². The summed E-state index contributed by atoms with van der Waals surface area (Å²) in [6.07, 6.45) is 0. The minimum Gasteiger partial charge on any atom is -0.507 e. The molecule has 0 aliphatic rings. The van der Waals surface area contributed by atoms with Crippen molar-refractivity contribution in [3.63, 3.8) is 0 Å². The number of hydrogen-bond acceptors (Lipinski definition) is 5. The first-order chi connectivity index (χ1) is 8.52. The van der Waals surface area contributed by atoms with Gasteiger partial charge in [0.15, 0.2) is 0 Å². The van der Waals surface area contributed by atoms with Gasteiger partial charge in [0.1, 0.15) is 17.3 Å². The Morgan fingerprint density at radius 1 is 1.22 bits per heavy atom. The Kier molecular flexibility index (Phi) is 2.97. The Morgan fingerprint density at radius 3 is 2.50 bits per heavy atom. The maximum absolute atomic E-state index is 10.0. The number of aromatic hydroxyl groups is 1. The number of nitrogens with two attached hydrogens (primary N) is 2. The van der Waals surface area contributed by atoms with Crippen molar-refractivity contribution < 1.29 is 9.84 Å². The van der Waals surface area contributed by atoms with Crippen LogP contribution in [0.5, 0.6) is 11.5 Å². The van der Waals surface area contributed by atoms with Gasteiger partial charge in [-0.15, -0.1) is 0 Å². The zero-order chi connectivity index (χ0) is 13.3. The van der Waals surface area contributed by atoms with E-state index in [-0.39, 0.29) is 11.6 Å². The van der Waals surface area contributed by atoms with Crippen LogP contribution < -0.4 is 16.2 Å². The second-order valence-electron chi connectivity index (χ2n) is 4.01. The average molecular weight is 245 g/mol. The smallest absolute Gasteiger partial charge is 0.147 e. The van der Waals surface area contributed by atoms with Crippen molar-refractivity contribution in [2.45, 2.75) is 6.92 Å². The monoisotopic (exact) mass is 245 g/mol. The van der Waals surface area contributed by atoms with Gasteiger partial charge < -0.3 is 21.3 Å². The molecule has 94 valence electrons. The van der Waals surface area contributed by atoms with E-state index in [0.29, 0.717) is 22.7 Å². The van der Waals surface area contributed by atoms with E-state index >= 15 is 0 Å². The number of aryl methyl sites for hydroxylation is 1. The zero-order valence-electron chi connectivity index (χ0n) is 10.3. The summed E-state index contributed by atoms with van der Waals surface area (Å²) < 4.78 is 5.08. The third kappa shape index (κ3) is 2.02. The van der Waals surface area contributed by atoms with Crippen LogP contribution in [-0.4, -0.2) is 17.2 Å². The number of phenols is 1. The van der Waals surface area contributed by atoms with Crippen molar-refractivity contribution in [2.75, 3.05) is 18.6 Å². The van der Waals surface area contributed by atoms with E-state index in [1.54, 1.807) is 19.2 Å². The molecule has 5 heteroatoms. The molecule has 1 heterocycles. The van der Waals surface area contributed by atoms with Gasteiger partial charge in [0.25, 0.3) is 0 Å². The molecule has 0 aliphatic heterocycles. The van der Waals surface area contributed by atoms with Crippen molar-refractivity contribution in [1.29, 1.82) is 0 Å². The number of aromatic nitrogens is 1. The molecule has 0 atom stereocenters. The highest BCUT2D eigenvalue weighted by atomic mass is 16.5. The minimum atomic E-state index is 0.100. The largest absolute Gasteiger partial charge is 0.507 e. The fourth-order valence-corrected chi connectivity index (χ4v) is 1.81. The van der Waals surface area contributed by atoms with Gasteiger partial charge in [0.05, 0.1) is 18.5 Å². The summed E-state index contributed by atoms with van der Waals surface area (Å²) in [5, 5.41) is 10.0. The van der Waals surface area contributed by atoms with Gasteiger partial charge in [-0.2, -0.15) is 0 Å². The normalized spacial score (nSPS) is 10.3. The molecule has 1 aromatic heterocycles. The third-order valence-electron chi connectivity index (χ3n) is 2.74. The molecule has 0 saturated carbocycles. The maximum atomic E-state index is 10.0. The van der Waals surface area contributed by atoms with Crippen LogP contribution in [0.25, 0.3) is 11.3 Å². The van der Waals surface area contributed by atoms with Gasteiger partial charge in [0, 0.05) is 11.6 Å². The van der Waals surface area contributed by atoms with Crippen LogP contribution in [-0.2, 0) is 0 Å². The highest BCUT2D eigenvalue weighted by molar-refractivity contribution is 5.75. The molecule has 2 rings (SSSR count). The van der Waals surface area contributed by atoms with Crippen LogP contribution in [0.4, 0.5) is 11.5 Å². The molecule has 0 saturated heterocycles. The number of nitrogens with zero attached hydrogens (tertiary/aromatic N) is 1. The topological polar surface area (TPSA) is 94.4 Å². The molecule has 0 radical (unpaired) electrons. The van der Waals surface area contributed by atoms with Crippen molar-refractivity contribution >= 4 is 11.5 Å². The molecular formula is C13H15N3O2. The van der Waals surface area contributed by atoms with E-state index in [0.717, 1.165) is 5.56 Å². The highest BCUT2D eigenvalue weighted by Gasteiger charge is 2.12. The first kappa shape index (κ1) is 12.0. The summed E-state index contributed by atoms with van der Waals surface area (Å²) in [4.78, 5) is 4.17. The lowest BCUT2D eigenvalue weighted by atomic mass is 10.0. The predicted octanol–water partition coefficient (Wildman–Crippen LogP) is 1.94. The van der Waals surface area contributed by atoms with Crippen molar-refractivity contribution in [3.8, 4) is 22.8 Å². The number of anilines is 2. The van der Waals surface area contributed by atoms with Gasteiger partial charge in [0.2, 0.25) is 0 Å². The first-order valence-corrected chi connectivity index (χ1v) is 5.43. The van der Waals surface area contributed by atoms with E-state index in [1.807, 2.05) is 13.0 Å². The van der Waals surface area contributed by atoms with Crippen molar-refractivity contribution in [1.82, 2.24) is 4.98 Å². The van der Waals surface area contributed by atoms with Crippen LogP contribution in [0.1, 0.15) is 5.56 Å². The molecule has 2 aromatic rings. The Bertz CT molecular complexity index is 574. The number of nitrogen functional groups attached to an aromatic ring is 2.